The van der Waals surface area contributed by atoms with Crippen molar-refractivity contribution >= 4 is 51.7 Å². The van der Waals surface area contributed by atoms with Crippen molar-refractivity contribution in [2.24, 2.45) is 11.5 Å². The van der Waals surface area contributed by atoms with Crippen LogP contribution in [0.15, 0.2) is 60.7 Å². The third-order valence-corrected chi connectivity index (χ3v) is 19.5. The normalized spacial score (nSPS) is 13.2. The van der Waals surface area contributed by atoms with Gasteiger partial charge in [0.1, 0.15) is 52.7 Å². The number of carbonyl (C=O) groups is 6. The number of phosphoric acid groups is 2. The number of quaternary nitrogens is 2. The number of carbonyl (C=O) groups excluding carboxylic acids is 6. The van der Waals surface area contributed by atoms with Crippen LogP contribution in [0, 0.1) is 0 Å². The molecule has 2 rings (SSSR count). The Morgan fingerprint density at radius 1 is 0.352 bits per heavy atom. The molecule has 624 valence electrons. The van der Waals surface area contributed by atoms with E-state index in [-0.39, 0.29) is 65.3 Å². The summed E-state index contributed by atoms with van der Waals surface area (Å²) >= 11 is 0. The van der Waals surface area contributed by atoms with Crippen molar-refractivity contribution in [1.29, 1.82) is 0 Å². The second-order valence-corrected chi connectivity index (χ2v) is 32.9. The average Bonchev–Trinajstić information content (AvgIpc) is 0.897. The number of benzene rings is 2. The first-order chi connectivity index (χ1) is 51.8. The second-order valence-electron chi connectivity index (χ2n) is 30.1. The predicted molar refractivity (Wildman–Crippen MR) is 419 cm³/mol. The lowest BCUT2D eigenvalue weighted by atomic mass is 10.1. The van der Waals surface area contributed by atoms with Crippen LogP contribution in [0.1, 0.15) is 268 Å². The summed E-state index contributed by atoms with van der Waals surface area (Å²) in [6, 6.07) is 19.1. The van der Waals surface area contributed by atoms with E-state index in [0.29, 0.717) is 54.4 Å². The molecule has 0 bridgehead atoms. The molecule has 0 saturated carbocycles. The summed E-state index contributed by atoms with van der Waals surface area (Å²) in [5, 5.41) is 5.59. The molecule has 4 atom stereocenters. The maximum atomic E-state index is 12.7. The van der Waals surface area contributed by atoms with E-state index in [1.807, 2.05) is 103 Å². The lowest BCUT2D eigenvalue weighted by molar-refractivity contribution is -0.870. The van der Waals surface area contributed by atoms with Crippen molar-refractivity contribution < 1.29 is 103 Å². The summed E-state index contributed by atoms with van der Waals surface area (Å²) in [5.41, 5.74) is 12.9. The SMILES string of the molecule is C[N+](C)(C)CCOP(=O)([O-])OCC(COC(=O)CCCCCCCCCCCN)OC(=O)CCCCCCCCCCCN.C[N+](C)(C)CCOP(=O)([O-])OCC(COC(=O)CCCCCCCCCCCNC(=O)OCc1ccccc1)OC(=O)CCCCCCCCCCCNC(=O)OCc1ccccc1. The van der Waals surface area contributed by atoms with Gasteiger partial charge < -0.3 is 87.4 Å². The van der Waals surface area contributed by atoms with Gasteiger partial charge in [0.2, 0.25) is 0 Å². The molecule has 0 saturated heterocycles. The van der Waals surface area contributed by atoms with Crippen LogP contribution >= 0.6 is 15.6 Å². The first kappa shape index (κ1) is 101. The van der Waals surface area contributed by atoms with Gasteiger partial charge in [-0.05, 0) is 75.6 Å². The molecule has 0 aromatic heterocycles. The van der Waals surface area contributed by atoms with Gasteiger partial charge >= 0.3 is 36.1 Å². The third-order valence-electron chi connectivity index (χ3n) is 17.6. The molecule has 0 fully saturated rings. The molecule has 28 heteroatoms. The zero-order chi connectivity index (χ0) is 79.5. The van der Waals surface area contributed by atoms with Gasteiger partial charge in [0.25, 0.3) is 15.6 Å². The quantitative estimate of drug-likeness (QED) is 0.0157. The Bertz CT molecular complexity index is 2660. The number of esters is 4. The summed E-state index contributed by atoms with van der Waals surface area (Å²) < 4.78 is 77.8. The number of rotatable bonds is 70. The molecular weight excluding hydrogens is 1430 g/mol. The average molecular weight is 1570 g/mol. The second kappa shape index (κ2) is 66.5. The lowest BCUT2D eigenvalue weighted by Gasteiger charge is -2.28. The van der Waals surface area contributed by atoms with Crippen molar-refractivity contribution in [3.8, 4) is 0 Å². The first-order valence-corrected chi connectivity index (χ1v) is 43.5. The first-order valence-electron chi connectivity index (χ1n) is 40.6. The smallest absolute Gasteiger partial charge is 0.407 e. The molecule has 2 aromatic rings. The minimum atomic E-state index is -4.68. The topological polar surface area (TPSA) is 351 Å². The van der Waals surface area contributed by atoms with Crippen molar-refractivity contribution in [3.63, 3.8) is 0 Å². The Hall–Kier alpha value is -5.08. The summed E-state index contributed by atoms with van der Waals surface area (Å²) in [6.07, 6.45) is 34.9. The van der Waals surface area contributed by atoms with Crippen LogP contribution in [0.2, 0.25) is 0 Å². The molecular formula is C80H144N6O20P2. The van der Waals surface area contributed by atoms with E-state index in [4.69, 9.17) is 58.0 Å². The fourth-order valence-corrected chi connectivity index (χ4v) is 12.5. The molecule has 0 heterocycles. The standard InChI is InChI=1S/C48H78N3O12P.C32H66N3O8P/c1-51(2,3)36-37-61-64(56,57)62-41-44(63-46(53)33-25-15-11-7-5-9-13-17-27-35-50-48(55)60-39-43-30-22-19-23-31-43)40-58-45(52)32-24-14-10-6-4-8-12-16-26-34-49-47(54)59-38-42-28-20-18-21-29-42;1-35(2,3)26-27-41-44(38,39)42-29-30(43-32(37)23-19-15-11-7-5-9-13-17-21-25-34)28-40-31(36)22-18-14-10-6-4-8-12-16-20-24-33/h18-23,28-31,44H,4-17,24-27,32-41H2,1-3H3,(H2-,49,50,54,55,56,57);30H,4-29,33-34H2,1-3H3. The summed E-state index contributed by atoms with van der Waals surface area (Å²) in [5.74, 6) is -1.82. The van der Waals surface area contributed by atoms with Crippen LogP contribution < -0.4 is 31.9 Å². The van der Waals surface area contributed by atoms with E-state index in [9.17, 15) is 47.7 Å². The third kappa shape index (κ3) is 68.9. The van der Waals surface area contributed by atoms with E-state index < -0.39 is 77.1 Å². The van der Waals surface area contributed by atoms with E-state index in [1.165, 1.54) is 51.4 Å². The highest BCUT2D eigenvalue weighted by atomic mass is 31.2. The number of alkyl carbamates (subject to hydrolysis) is 2. The molecule has 0 spiro atoms. The number of hydrogen-bond donors (Lipinski definition) is 4. The van der Waals surface area contributed by atoms with Crippen molar-refractivity contribution in [1.82, 2.24) is 10.6 Å². The molecule has 108 heavy (non-hydrogen) atoms. The van der Waals surface area contributed by atoms with Gasteiger partial charge in [-0.1, -0.05) is 240 Å². The maximum Gasteiger partial charge on any atom is 0.407 e. The number of amides is 2. The Morgan fingerprint density at radius 2 is 0.611 bits per heavy atom. The highest BCUT2D eigenvalue weighted by Gasteiger charge is 2.24. The van der Waals surface area contributed by atoms with Gasteiger partial charge in [-0.3, -0.25) is 28.3 Å². The largest absolute Gasteiger partial charge is 0.756 e. The van der Waals surface area contributed by atoms with Gasteiger partial charge in [0.15, 0.2) is 12.2 Å². The molecule has 4 unspecified atom stereocenters. The number of phosphoric ester groups is 2. The number of nitrogens with two attached hydrogens (primary N) is 2. The van der Waals surface area contributed by atoms with Crippen LogP contribution in [0.3, 0.4) is 0 Å². The minimum absolute atomic E-state index is 0.0360. The Kier molecular flexibility index (Phi) is 62.2. The monoisotopic (exact) mass is 1570 g/mol. The highest BCUT2D eigenvalue weighted by molar-refractivity contribution is 7.46. The molecule has 0 aliphatic carbocycles. The molecule has 0 radical (unpaired) electrons. The van der Waals surface area contributed by atoms with E-state index in [0.717, 1.165) is 185 Å². The van der Waals surface area contributed by atoms with Crippen LogP contribution in [0.25, 0.3) is 0 Å². The zero-order valence-corrected chi connectivity index (χ0v) is 69.0. The lowest BCUT2D eigenvalue weighted by Crippen LogP contribution is -2.37. The van der Waals surface area contributed by atoms with Crippen molar-refractivity contribution in [3.05, 3.63) is 71.8 Å². The minimum Gasteiger partial charge on any atom is -0.756 e. The summed E-state index contributed by atoms with van der Waals surface area (Å²) in [7, 11) is 2.18. The van der Waals surface area contributed by atoms with E-state index in [2.05, 4.69) is 10.6 Å². The molecule has 0 aliphatic rings. The van der Waals surface area contributed by atoms with Crippen molar-refractivity contribution in [2.75, 3.05) is 121 Å². The van der Waals surface area contributed by atoms with Gasteiger partial charge in [-0.15, -0.1) is 0 Å². The highest BCUT2D eigenvalue weighted by Crippen LogP contribution is 2.39. The Labute approximate surface area is 649 Å². The van der Waals surface area contributed by atoms with Crippen LogP contribution in [0.5, 0.6) is 0 Å². The van der Waals surface area contributed by atoms with Gasteiger partial charge in [-0.25, -0.2) is 9.59 Å². The van der Waals surface area contributed by atoms with Gasteiger partial charge in [-0.2, -0.15) is 0 Å². The maximum absolute atomic E-state index is 12.7. The molecule has 6 N–H and O–H groups in total. The number of nitrogens with zero attached hydrogens (tertiary/aromatic N) is 2. The van der Waals surface area contributed by atoms with Crippen LogP contribution in [-0.4, -0.2) is 178 Å². The zero-order valence-electron chi connectivity index (χ0n) is 67.2. The van der Waals surface area contributed by atoms with Crippen LogP contribution in [-0.2, 0) is 88.0 Å². The van der Waals surface area contributed by atoms with Gasteiger partial charge in [0.05, 0.1) is 55.5 Å². The molecule has 2 aromatic carbocycles. The van der Waals surface area contributed by atoms with E-state index >= 15 is 0 Å². The van der Waals surface area contributed by atoms with Crippen LogP contribution in [0.4, 0.5) is 9.59 Å². The molecule has 2 amide bonds. The summed E-state index contributed by atoms with van der Waals surface area (Å²) in [6.45, 7) is 2.43. The number of ether oxygens (including phenoxy) is 6. The van der Waals surface area contributed by atoms with Gasteiger partial charge in [0, 0.05) is 38.8 Å². The van der Waals surface area contributed by atoms with E-state index in [1.54, 1.807) is 0 Å². The Morgan fingerprint density at radius 3 is 0.889 bits per heavy atom. The summed E-state index contributed by atoms with van der Waals surface area (Å²) in [4.78, 5) is 98.5. The fraction of sp³-hybridized carbons (Fsp3) is 0.775. The van der Waals surface area contributed by atoms with Crippen molar-refractivity contribution in [2.45, 2.75) is 282 Å². The Balaban J connectivity index is 0.00000116. The number of likely N-dealkylation sites (N-methyl/N-ethyl adjacent to an activating group) is 2. The predicted octanol–water partition coefficient (Wildman–Crippen LogP) is 14.7. The molecule has 0 aliphatic heterocycles. The fourth-order valence-electron chi connectivity index (χ4n) is 11.0. The number of nitrogens with one attached hydrogen (secondary N) is 2. The molecule has 26 nitrogen and oxygen atoms in total. The number of hydrogen-bond acceptors (Lipinski definition) is 22. The number of unbranched alkanes of at least 4 members (excludes halogenated alkanes) is 32.